The van der Waals surface area contributed by atoms with Crippen LogP contribution in [0, 0.1) is 12.1 Å². The minimum Gasteiger partial charge on any atom is -0.277 e. The molecule has 4 heteroatoms. The molecule has 0 saturated heterocycles. The molecule has 0 aliphatic heterocycles. The normalized spacial score (nSPS) is 11.9. The molecule has 9 aromatic carbocycles. The van der Waals surface area contributed by atoms with Gasteiger partial charge in [0.2, 0.25) is 5.95 Å². The lowest BCUT2D eigenvalue weighted by atomic mass is 9.94. The van der Waals surface area contributed by atoms with Crippen LogP contribution in [0.25, 0.3) is 114 Å². The van der Waals surface area contributed by atoms with Crippen molar-refractivity contribution < 1.29 is 0 Å². The van der Waals surface area contributed by atoms with Crippen molar-refractivity contribution in [2.75, 3.05) is 0 Å². The van der Waals surface area contributed by atoms with Crippen molar-refractivity contribution in [3.05, 3.63) is 176 Å². The second-order valence-corrected chi connectivity index (χ2v) is 15.0. The molecule has 12 aromatic rings. The molecule has 0 aliphatic rings. The number of benzene rings is 8. The standard InChI is InChI=1S/C50H27N3S/c1-2-13-34-29-35(26-23-30(34)11-1)31-21-24-33(25-22-31)47-46-41-18-8-10-20-43(41)54-49(46)52-50(51-47)53-42-19-9-7-17-40(42)45-38-16-6-5-15-37(38)39-28-27-32-12-3-4-14-36(32)44(39)48(45)53/h1-26,29H. The van der Waals surface area contributed by atoms with E-state index in [2.05, 4.69) is 180 Å². The first-order chi connectivity index (χ1) is 26.8. The first-order valence-corrected chi connectivity index (χ1v) is 19.0. The minimum atomic E-state index is 0.655. The third kappa shape index (κ3) is 4.19. The van der Waals surface area contributed by atoms with Gasteiger partial charge in [-0.25, -0.2) is 9.97 Å². The zero-order valence-electron chi connectivity index (χ0n) is 28.8. The van der Waals surface area contributed by atoms with Gasteiger partial charge in [-0.15, -0.1) is 11.3 Å². The van der Waals surface area contributed by atoms with E-state index in [1.807, 2.05) is 0 Å². The molecule has 0 fully saturated rings. The molecule has 12 rings (SSSR count). The Balaban J connectivity index is 1.19. The Kier molecular flexibility index (Phi) is 6.13. The number of nitrogens with zero attached hydrogens (tertiary/aromatic N) is 3. The fraction of sp³-hybridized carbons (Fsp3) is 0. The molecular formula is C50H27N3S. The number of rotatable bonds is 3. The van der Waals surface area contributed by atoms with Crippen LogP contribution in [0.2, 0.25) is 0 Å². The van der Waals surface area contributed by atoms with Crippen LogP contribution >= 0.6 is 11.3 Å². The topological polar surface area (TPSA) is 30.7 Å². The zero-order chi connectivity index (χ0) is 35.3. The summed E-state index contributed by atoms with van der Waals surface area (Å²) in [6.07, 6.45) is 0. The number of hydrogen-bond acceptors (Lipinski definition) is 3. The van der Waals surface area contributed by atoms with Gasteiger partial charge in [-0.1, -0.05) is 152 Å². The molecule has 0 saturated carbocycles. The van der Waals surface area contributed by atoms with Crippen molar-refractivity contribution in [2.24, 2.45) is 0 Å². The lowest BCUT2D eigenvalue weighted by Gasteiger charge is -2.13. The first-order valence-electron chi connectivity index (χ1n) is 18.2. The Morgan fingerprint density at radius 2 is 1.13 bits per heavy atom. The van der Waals surface area contributed by atoms with E-state index < -0.39 is 0 Å². The molecule has 0 atom stereocenters. The van der Waals surface area contributed by atoms with Crippen LogP contribution in [0.15, 0.2) is 164 Å². The van der Waals surface area contributed by atoms with Crippen molar-refractivity contribution in [3.63, 3.8) is 0 Å². The molecule has 0 amide bonds. The number of thiophene rings is 1. The van der Waals surface area contributed by atoms with E-state index in [1.165, 1.54) is 48.1 Å². The summed E-state index contributed by atoms with van der Waals surface area (Å²) in [4.78, 5) is 12.0. The van der Waals surface area contributed by atoms with Crippen LogP contribution in [0.1, 0.15) is 0 Å². The van der Waals surface area contributed by atoms with E-state index in [-0.39, 0.29) is 0 Å². The van der Waals surface area contributed by atoms with Gasteiger partial charge in [0.15, 0.2) is 0 Å². The highest BCUT2D eigenvalue weighted by molar-refractivity contribution is 7.25. The van der Waals surface area contributed by atoms with Gasteiger partial charge in [0.1, 0.15) is 4.83 Å². The van der Waals surface area contributed by atoms with E-state index in [9.17, 15) is 0 Å². The Hall–Kier alpha value is -7.06. The molecule has 248 valence electrons. The van der Waals surface area contributed by atoms with E-state index in [1.54, 1.807) is 11.3 Å². The summed E-state index contributed by atoms with van der Waals surface area (Å²) >= 11 is 1.73. The minimum absolute atomic E-state index is 0.655. The van der Waals surface area contributed by atoms with Crippen LogP contribution in [0.5, 0.6) is 0 Å². The van der Waals surface area contributed by atoms with Crippen LogP contribution in [0.3, 0.4) is 0 Å². The maximum atomic E-state index is 5.59. The van der Waals surface area contributed by atoms with Gasteiger partial charge in [-0.05, 0) is 56.9 Å². The second kappa shape index (κ2) is 11.2. The van der Waals surface area contributed by atoms with Gasteiger partial charge < -0.3 is 0 Å². The van der Waals surface area contributed by atoms with Crippen molar-refractivity contribution in [3.8, 4) is 28.3 Å². The maximum absolute atomic E-state index is 5.59. The Labute approximate surface area is 314 Å². The highest BCUT2D eigenvalue weighted by atomic mass is 32.1. The fourth-order valence-electron chi connectivity index (χ4n) is 8.57. The Bertz CT molecular complexity index is 3500. The summed E-state index contributed by atoms with van der Waals surface area (Å²) in [5, 5.41) is 13.8. The summed E-state index contributed by atoms with van der Waals surface area (Å²) in [5.41, 5.74) is 6.51. The number of hydrogen-bond donors (Lipinski definition) is 0. The average molecular weight is 702 g/mol. The SMILES string of the molecule is c1c2ccccc2c2c(c#1)c1ccccc1c1c3ccccc3n(-c3nc(-c4ccc(-c5ccc6ccccc6c5)cc4)c4c(n3)sc3ccccc34)c21. The highest BCUT2D eigenvalue weighted by Crippen LogP contribution is 2.45. The van der Waals surface area contributed by atoms with Crippen LogP contribution in [0.4, 0.5) is 0 Å². The quantitative estimate of drug-likeness (QED) is 0.184. The number of para-hydroxylation sites is 1. The smallest absolute Gasteiger partial charge is 0.236 e. The summed E-state index contributed by atoms with van der Waals surface area (Å²) in [7, 11) is 0. The monoisotopic (exact) mass is 701 g/mol. The molecule has 0 spiro atoms. The van der Waals surface area contributed by atoms with Gasteiger partial charge in [0, 0.05) is 53.4 Å². The summed E-state index contributed by atoms with van der Waals surface area (Å²) < 4.78 is 3.50. The molecule has 0 aliphatic carbocycles. The summed E-state index contributed by atoms with van der Waals surface area (Å²) in [5.74, 6) is 0.655. The largest absolute Gasteiger partial charge is 0.277 e. The van der Waals surface area contributed by atoms with Gasteiger partial charge in [0.25, 0.3) is 0 Å². The molecule has 0 N–H and O–H groups in total. The zero-order valence-corrected chi connectivity index (χ0v) is 29.7. The van der Waals surface area contributed by atoms with Crippen molar-refractivity contribution in [1.82, 2.24) is 14.5 Å². The lowest BCUT2D eigenvalue weighted by Crippen LogP contribution is -2.03. The molecule has 54 heavy (non-hydrogen) atoms. The van der Waals surface area contributed by atoms with Crippen LogP contribution < -0.4 is 0 Å². The van der Waals surface area contributed by atoms with Crippen molar-refractivity contribution in [1.29, 1.82) is 0 Å². The lowest BCUT2D eigenvalue weighted by molar-refractivity contribution is 1.02. The molecule has 0 bridgehead atoms. The molecule has 3 heterocycles. The van der Waals surface area contributed by atoms with E-state index in [4.69, 9.17) is 9.97 Å². The Morgan fingerprint density at radius 1 is 0.463 bits per heavy atom. The van der Waals surface area contributed by atoms with Gasteiger partial charge in [0.05, 0.1) is 16.7 Å². The molecule has 3 aromatic heterocycles. The van der Waals surface area contributed by atoms with Crippen LogP contribution in [-0.2, 0) is 0 Å². The highest BCUT2D eigenvalue weighted by Gasteiger charge is 2.24. The molecule has 0 unspecified atom stereocenters. The van der Waals surface area contributed by atoms with Gasteiger partial charge in [-0.3, -0.25) is 4.57 Å². The fourth-order valence-corrected chi connectivity index (χ4v) is 9.64. The molecule has 3 nitrogen and oxygen atoms in total. The van der Waals surface area contributed by atoms with Crippen LogP contribution in [-0.4, -0.2) is 14.5 Å². The van der Waals surface area contributed by atoms with Gasteiger partial charge in [-0.2, -0.15) is 0 Å². The predicted molar refractivity (Wildman–Crippen MR) is 228 cm³/mol. The second-order valence-electron chi connectivity index (χ2n) is 14.0. The predicted octanol–water partition coefficient (Wildman–Crippen LogP) is 13.5. The van der Waals surface area contributed by atoms with Crippen molar-refractivity contribution >= 4 is 96.5 Å². The third-order valence-electron chi connectivity index (χ3n) is 11.0. The van der Waals surface area contributed by atoms with E-state index in [0.29, 0.717) is 5.95 Å². The van der Waals surface area contributed by atoms with Gasteiger partial charge >= 0.3 is 0 Å². The first kappa shape index (κ1) is 29.5. The number of fused-ring (bicyclic) bond motifs is 14. The van der Waals surface area contributed by atoms with E-state index in [0.717, 1.165) is 59.4 Å². The summed E-state index contributed by atoms with van der Waals surface area (Å²) in [6.45, 7) is 0. The molecule has 0 radical (unpaired) electrons. The number of aromatic nitrogens is 3. The summed E-state index contributed by atoms with van der Waals surface area (Å²) in [6, 6.07) is 65.6. The van der Waals surface area contributed by atoms with Crippen molar-refractivity contribution in [2.45, 2.75) is 0 Å². The maximum Gasteiger partial charge on any atom is 0.236 e. The Morgan fingerprint density at radius 3 is 2.00 bits per heavy atom. The molecular weight excluding hydrogens is 675 g/mol. The third-order valence-corrected chi connectivity index (χ3v) is 12.1. The van der Waals surface area contributed by atoms with E-state index >= 15 is 0 Å². The average Bonchev–Trinajstić information content (AvgIpc) is 3.79.